The molecule has 0 radical (unpaired) electrons. The van der Waals surface area contributed by atoms with Crippen molar-refractivity contribution >= 4 is 27.6 Å². The summed E-state index contributed by atoms with van der Waals surface area (Å²) in [5, 5.41) is 5.45. The normalized spacial score (nSPS) is 23.0. The van der Waals surface area contributed by atoms with Gasteiger partial charge >= 0.3 is 6.03 Å². The summed E-state index contributed by atoms with van der Waals surface area (Å²) in [4.78, 5) is 26.8. The summed E-state index contributed by atoms with van der Waals surface area (Å²) >= 11 is 0. The third-order valence-corrected chi connectivity index (χ3v) is 6.97. The predicted molar refractivity (Wildman–Crippen MR) is 127 cm³/mol. The van der Waals surface area contributed by atoms with Gasteiger partial charge in [-0.15, -0.1) is 0 Å². The molecule has 3 amide bonds. The predicted octanol–water partition coefficient (Wildman–Crippen LogP) is 1.98. The molecule has 10 nitrogen and oxygen atoms in total. The van der Waals surface area contributed by atoms with Gasteiger partial charge in [0.05, 0.1) is 24.0 Å². The number of carbonyl (C=O) groups excluding carboxylic acids is 2. The van der Waals surface area contributed by atoms with Gasteiger partial charge in [0.1, 0.15) is 12.4 Å². The third kappa shape index (κ3) is 7.31. The summed E-state index contributed by atoms with van der Waals surface area (Å²) in [6.45, 7) is 6.70. The molecule has 1 aliphatic heterocycles. The van der Waals surface area contributed by atoms with E-state index >= 15 is 0 Å². The van der Waals surface area contributed by atoms with E-state index in [1.165, 1.54) is 15.5 Å². The fourth-order valence-electron chi connectivity index (χ4n) is 3.69. The summed E-state index contributed by atoms with van der Waals surface area (Å²) in [6.07, 6.45) is 1.62. The van der Waals surface area contributed by atoms with E-state index in [2.05, 4.69) is 10.6 Å². The van der Waals surface area contributed by atoms with Gasteiger partial charge < -0.3 is 25.0 Å². The Kier molecular flexibility index (Phi) is 9.50. The van der Waals surface area contributed by atoms with Crippen LogP contribution in [0.1, 0.15) is 37.6 Å². The van der Waals surface area contributed by atoms with Crippen LogP contribution in [-0.4, -0.2) is 88.4 Å². The number of nitrogens with zero attached hydrogens (tertiary/aromatic N) is 2. The van der Waals surface area contributed by atoms with Crippen molar-refractivity contribution in [3.63, 3.8) is 0 Å². The second-order valence-corrected chi connectivity index (χ2v) is 10.5. The zero-order chi connectivity index (χ0) is 24.8. The summed E-state index contributed by atoms with van der Waals surface area (Å²) in [7, 11) is -0.293. The van der Waals surface area contributed by atoms with E-state index in [0.717, 1.165) is 6.42 Å². The Morgan fingerprint density at radius 2 is 1.97 bits per heavy atom. The number of nitrogens with one attached hydrogen (secondary N) is 2. The molecule has 186 valence electrons. The average Bonchev–Trinajstić information content (AvgIpc) is 2.75. The van der Waals surface area contributed by atoms with Crippen LogP contribution >= 0.6 is 0 Å². The largest absolute Gasteiger partial charge is 0.491 e. The smallest absolute Gasteiger partial charge is 0.319 e. The Balaban J connectivity index is 2.43. The second kappa shape index (κ2) is 11.7. The molecule has 1 heterocycles. The molecule has 0 unspecified atom stereocenters. The number of ether oxygens (including phenoxy) is 2. The molecule has 0 aromatic heterocycles. The number of hydrogen-bond donors (Lipinski definition) is 2. The molecule has 1 aromatic rings. The van der Waals surface area contributed by atoms with E-state index in [9.17, 15) is 18.0 Å². The number of amides is 3. The van der Waals surface area contributed by atoms with Crippen molar-refractivity contribution < 1.29 is 27.5 Å². The van der Waals surface area contributed by atoms with E-state index in [0.29, 0.717) is 17.8 Å². The summed E-state index contributed by atoms with van der Waals surface area (Å²) in [6, 6.07) is 3.96. The van der Waals surface area contributed by atoms with Crippen LogP contribution in [0.3, 0.4) is 0 Å². The quantitative estimate of drug-likeness (QED) is 0.660. The third-order valence-electron chi connectivity index (χ3n) is 5.61. The first-order valence-electron chi connectivity index (χ1n) is 11.0. The molecule has 2 N–H and O–H groups in total. The second-order valence-electron chi connectivity index (χ2n) is 8.52. The first-order chi connectivity index (χ1) is 15.5. The average molecular weight is 485 g/mol. The van der Waals surface area contributed by atoms with Crippen molar-refractivity contribution in [2.45, 2.75) is 39.3 Å². The molecule has 0 fully saturated rings. The number of carbonyl (C=O) groups is 2. The Labute approximate surface area is 196 Å². The van der Waals surface area contributed by atoms with E-state index in [-0.39, 0.29) is 49.4 Å². The Morgan fingerprint density at radius 1 is 1.27 bits per heavy atom. The van der Waals surface area contributed by atoms with Crippen molar-refractivity contribution in [3.8, 4) is 5.75 Å². The van der Waals surface area contributed by atoms with Crippen LogP contribution in [0.4, 0.5) is 10.5 Å². The van der Waals surface area contributed by atoms with Gasteiger partial charge in [0.15, 0.2) is 0 Å². The van der Waals surface area contributed by atoms with Crippen LogP contribution in [0.5, 0.6) is 5.75 Å². The van der Waals surface area contributed by atoms with Crippen molar-refractivity contribution in [1.29, 1.82) is 0 Å². The number of fused-ring (bicyclic) bond motifs is 1. The highest BCUT2D eigenvalue weighted by Gasteiger charge is 2.31. The lowest BCUT2D eigenvalue weighted by molar-refractivity contribution is 0.0213. The molecule has 3 atom stereocenters. The molecule has 33 heavy (non-hydrogen) atoms. The molecule has 0 aliphatic carbocycles. The lowest BCUT2D eigenvalue weighted by Crippen LogP contribution is -2.48. The van der Waals surface area contributed by atoms with Gasteiger partial charge in [-0.05, 0) is 31.4 Å². The van der Waals surface area contributed by atoms with Gasteiger partial charge in [-0.3, -0.25) is 4.79 Å². The van der Waals surface area contributed by atoms with Crippen LogP contribution in [0, 0.1) is 5.92 Å². The van der Waals surface area contributed by atoms with Gasteiger partial charge in [0.25, 0.3) is 5.91 Å². The molecular weight excluding hydrogens is 448 g/mol. The van der Waals surface area contributed by atoms with Crippen LogP contribution in [0.2, 0.25) is 0 Å². The summed E-state index contributed by atoms with van der Waals surface area (Å²) in [5.41, 5.74) is 0.777. The highest BCUT2D eigenvalue weighted by Crippen LogP contribution is 2.27. The lowest BCUT2D eigenvalue weighted by atomic mass is 10.0. The molecule has 0 saturated carbocycles. The van der Waals surface area contributed by atoms with Gasteiger partial charge in [0.2, 0.25) is 10.0 Å². The van der Waals surface area contributed by atoms with E-state index in [1.54, 1.807) is 39.3 Å². The molecule has 2 rings (SSSR count). The summed E-state index contributed by atoms with van der Waals surface area (Å²) < 4.78 is 37.9. The number of urea groups is 1. The number of likely N-dealkylation sites (N-methyl/N-ethyl adjacent to an activating group) is 1. The molecule has 1 aromatic carbocycles. The molecule has 1 aliphatic rings. The maximum absolute atomic E-state index is 13.2. The number of methoxy groups -OCH3 is 1. The number of hydrogen-bond acceptors (Lipinski definition) is 6. The van der Waals surface area contributed by atoms with Crippen LogP contribution in [-0.2, 0) is 14.8 Å². The van der Waals surface area contributed by atoms with Gasteiger partial charge in [-0.1, -0.05) is 13.8 Å². The number of benzene rings is 1. The highest BCUT2D eigenvalue weighted by atomic mass is 32.2. The van der Waals surface area contributed by atoms with Gasteiger partial charge in [-0.2, -0.15) is 4.31 Å². The Hall–Kier alpha value is -2.37. The van der Waals surface area contributed by atoms with E-state index < -0.39 is 16.1 Å². The Morgan fingerprint density at radius 3 is 2.58 bits per heavy atom. The molecule has 0 spiro atoms. The summed E-state index contributed by atoms with van der Waals surface area (Å²) in [5.74, 6) is -0.146. The van der Waals surface area contributed by atoms with Gasteiger partial charge in [0, 0.05) is 45.5 Å². The van der Waals surface area contributed by atoms with Crippen molar-refractivity contribution in [2.75, 3.05) is 52.0 Å². The molecule has 0 bridgehead atoms. The number of anilines is 1. The molecule has 0 saturated heterocycles. The van der Waals surface area contributed by atoms with Crippen molar-refractivity contribution in [1.82, 2.24) is 14.5 Å². The van der Waals surface area contributed by atoms with E-state index in [4.69, 9.17) is 9.47 Å². The first kappa shape index (κ1) is 26.9. The SMILES string of the molecule is CCCNC(=O)Nc1ccc2c(c1)OC[C@@H](C)N(S(C)(=O)=O)C[C@@H](C)[C@H](OC)CN(C)C2=O. The standard InChI is InChI=1S/C22H36N4O6S/c1-7-10-23-22(28)24-17-8-9-18-19(11-17)32-14-16(3)26(33(6,29)30)12-15(2)20(31-5)13-25(4)21(18)27/h8-9,11,15-16,20H,7,10,12-14H2,1-6H3,(H2,23,24,28)/t15-,16-,20-/m1/s1. The fraction of sp³-hybridized carbons (Fsp3) is 0.636. The lowest BCUT2D eigenvalue weighted by Gasteiger charge is -2.34. The minimum absolute atomic E-state index is 0.0346. The zero-order valence-electron chi connectivity index (χ0n) is 20.3. The minimum atomic E-state index is -3.51. The van der Waals surface area contributed by atoms with Gasteiger partial charge in [-0.25, -0.2) is 13.2 Å². The van der Waals surface area contributed by atoms with E-state index in [1.807, 2.05) is 13.8 Å². The molecular formula is C22H36N4O6S. The highest BCUT2D eigenvalue weighted by molar-refractivity contribution is 7.88. The first-order valence-corrected chi connectivity index (χ1v) is 12.9. The van der Waals surface area contributed by atoms with Crippen molar-refractivity contribution in [3.05, 3.63) is 23.8 Å². The van der Waals surface area contributed by atoms with Crippen LogP contribution in [0.15, 0.2) is 18.2 Å². The zero-order valence-corrected chi connectivity index (χ0v) is 21.1. The maximum atomic E-state index is 13.2. The number of sulfonamides is 1. The number of rotatable bonds is 5. The minimum Gasteiger partial charge on any atom is -0.491 e. The van der Waals surface area contributed by atoms with Crippen molar-refractivity contribution in [2.24, 2.45) is 5.92 Å². The van der Waals surface area contributed by atoms with Crippen LogP contribution in [0.25, 0.3) is 0 Å². The maximum Gasteiger partial charge on any atom is 0.319 e. The fourth-order valence-corrected chi connectivity index (χ4v) is 4.91. The molecule has 11 heteroatoms. The monoisotopic (exact) mass is 484 g/mol. The topological polar surface area (TPSA) is 117 Å². The van der Waals surface area contributed by atoms with Crippen LogP contribution < -0.4 is 15.4 Å². The Bertz CT molecular complexity index is 939.